The number of halogens is 2. The van der Waals surface area contributed by atoms with Gasteiger partial charge < -0.3 is 15.3 Å². The first-order valence-corrected chi connectivity index (χ1v) is 7.23. The van der Waals surface area contributed by atoms with E-state index in [1.807, 2.05) is 18.2 Å². The van der Waals surface area contributed by atoms with Crippen molar-refractivity contribution < 1.29 is 9.52 Å². The van der Waals surface area contributed by atoms with Gasteiger partial charge in [-0.2, -0.15) is 0 Å². The fourth-order valence-corrected chi connectivity index (χ4v) is 2.51. The van der Waals surface area contributed by atoms with Crippen molar-refractivity contribution in [2.45, 2.75) is 24.9 Å². The van der Waals surface area contributed by atoms with Crippen LogP contribution in [0, 0.1) is 0 Å². The van der Waals surface area contributed by atoms with Crippen molar-refractivity contribution >= 4 is 23.2 Å². The summed E-state index contributed by atoms with van der Waals surface area (Å²) in [6.45, 7) is 0.345. The van der Waals surface area contributed by atoms with Crippen molar-refractivity contribution in [1.82, 2.24) is 0 Å². The van der Waals surface area contributed by atoms with E-state index >= 15 is 0 Å². The molecule has 1 aromatic heterocycles. The van der Waals surface area contributed by atoms with Crippen LogP contribution in [0.4, 0.5) is 0 Å². The number of nitrogens with two attached hydrogens (primary N) is 1. The van der Waals surface area contributed by atoms with Crippen LogP contribution in [0.5, 0.6) is 0 Å². The van der Waals surface area contributed by atoms with Gasteiger partial charge in [0.1, 0.15) is 5.76 Å². The maximum absolute atomic E-state index is 10.3. The van der Waals surface area contributed by atoms with Crippen LogP contribution in [-0.4, -0.2) is 17.8 Å². The van der Waals surface area contributed by atoms with Gasteiger partial charge in [0.15, 0.2) is 0 Å². The number of hydrogen-bond donors (Lipinski definition) is 2. The van der Waals surface area contributed by atoms with Gasteiger partial charge in [0.05, 0.1) is 22.4 Å². The quantitative estimate of drug-likeness (QED) is 0.856. The van der Waals surface area contributed by atoms with Gasteiger partial charge in [-0.3, -0.25) is 0 Å². The van der Waals surface area contributed by atoms with E-state index in [1.165, 1.54) is 0 Å². The average molecular weight is 314 g/mol. The summed E-state index contributed by atoms with van der Waals surface area (Å²) in [7, 11) is 0. The summed E-state index contributed by atoms with van der Waals surface area (Å²) in [5.41, 5.74) is 6.68. The van der Waals surface area contributed by atoms with Crippen molar-refractivity contribution in [1.29, 1.82) is 0 Å². The molecule has 0 amide bonds. The average Bonchev–Trinajstić information content (AvgIpc) is 2.94. The second-order valence-corrected chi connectivity index (χ2v) is 5.52. The zero-order valence-electron chi connectivity index (χ0n) is 10.9. The van der Waals surface area contributed by atoms with E-state index < -0.39 is 6.10 Å². The van der Waals surface area contributed by atoms with Crippen molar-refractivity contribution in [2.24, 2.45) is 5.73 Å². The SMILES string of the molecule is NCC(c1ccc(Cl)c(Cl)c1)C(O)CCc1ccco1. The number of rotatable bonds is 6. The van der Waals surface area contributed by atoms with Crippen molar-refractivity contribution in [3.05, 3.63) is 58.0 Å². The van der Waals surface area contributed by atoms with E-state index in [0.29, 0.717) is 29.4 Å². The monoisotopic (exact) mass is 313 g/mol. The Morgan fingerprint density at radius 1 is 1.20 bits per heavy atom. The highest BCUT2D eigenvalue weighted by Gasteiger charge is 2.20. The van der Waals surface area contributed by atoms with E-state index in [4.69, 9.17) is 33.4 Å². The highest BCUT2D eigenvalue weighted by molar-refractivity contribution is 6.42. The molecule has 2 atom stereocenters. The van der Waals surface area contributed by atoms with Gasteiger partial charge in [0.2, 0.25) is 0 Å². The van der Waals surface area contributed by atoms with Crippen molar-refractivity contribution in [3.63, 3.8) is 0 Å². The summed E-state index contributed by atoms with van der Waals surface area (Å²) in [5, 5.41) is 11.3. The second kappa shape index (κ2) is 7.14. The molecule has 3 nitrogen and oxygen atoms in total. The molecule has 108 valence electrons. The first-order valence-electron chi connectivity index (χ1n) is 6.47. The number of hydrogen-bond acceptors (Lipinski definition) is 3. The zero-order chi connectivity index (χ0) is 14.5. The molecule has 0 saturated heterocycles. The van der Waals surface area contributed by atoms with Gasteiger partial charge in [-0.05, 0) is 36.2 Å². The molecule has 5 heteroatoms. The number of aliphatic hydroxyl groups is 1. The van der Waals surface area contributed by atoms with Crippen LogP contribution >= 0.6 is 23.2 Å². The molecule has 1 heterocycles. The smallest absolute Gasteiger partial charge is 0.103 e. The molecule has 0 radical (unpaired) electrons. The number of aliphatic hydroxyl groups excluding tert-OH is 1. The maximum Gasteiger partial charge on any atom is 0.103 e. The number of aryl methyl sites for hydroxylation is 1. The molecular weight excluding hydrogens is 297 g/mol. The van der Waals surface area contributed by atoms with Crippen LogP contribution < -0.4 is 5.73 Å². The standard InChI is InChI=1S/C15H17Cl2NO2/c16-13-5-3-10(8-14(13)17)12(9-18)15(19)6-4-11-2-1-7-20-11/h1-3,5,7-8,12,15,19H,4,6,9,18H2. The molecule has 0 aliphatic heterocycles. The zero-order valence-corrected chi connectivity index (χ0v) is 12.4. The summed E-state index contributed by atoms with van der Waals surface area (Å²) >= 11 is 11.9. The molecule has 0 saturated carbocycles. The van der Waals surface area contributed by atoms with Gasteiger partial charge in [-0.25, -0.2) is 0 Å². The fourth-order valence-electron chi connectivity index (χ4n) is 2.20. The van der Waals surface area contributed by atoms with Gasteiger partial charge in [0.25, 0.3) is 0 Å². The lowest BCUT2D eigenvalue weighted by Gasteiger charge is -2.22. The normalized spacial score (nSPS) is 14.2. The topological polar surface area (TPSA) is 59.4 Å². The minimum Gasteiger partial charge on any atom is -0.469 e. The van der Waals surface area contributed by atoms with Gasteiger partial charge >= 0.3 is 0 Å². The molecule has 0 bridgehead atoms. The van der Waals surface area contributed by atoms with Crippen LogP contribution in [0.3, 0.4) is 0 Å². The second-order valence-electron chi connectivity index (χ2n) is 4.70. The number of furan rings is 1. The maximum atomic E-state index is 10.3. The third-order valence-corrected chi connectivity index (χ3v) is 4.10. The molecule has 0 fully saturated rings. The van der Waals surface area contributed by atoms with Crippen LogP contribution in [0.25, 0.3) is 0 Å². The van der Waals surface area contributed by atoms with E-state index in [9.17, 15) is 5.11 Å². The number of benzene rings is 1. The summed E-state index contributed by atoms with van der Waals surface area (Å²) in [6.07, 6.45) is 2.32. The summed E-state index contributed by atoms with van der Waals surface area (Å²) < 4.78 is 5.26. The summed E-state index contributed by atoms with van der Waals surface area (Å²) in [4.78, 5) is 0. The predicted molar refractivity (Wildman–Crippen MR) is 81.3 cm³/mol. The molecule has 2 rings (SSSR count). The van der Waals surface area contributed by atoms with Crippen LogP contribution in [0.2, 0.25) is 10.0 Å². The van der Waals surface area contributed by atoms with E-state index in [1.54, 1.807) is 18.4 Å². The lowest BCUT2D eigenvalue weighted by molar-refractivity contribution is 0.134. The van der Waals surface area contributed by atoms with Crippen LogP contribution in [0.1, 0.15) is 23.7 Å². The Morgan fingerprint density at radius 3 is 2.60 bits per heavy atom. The molecule has 3 N–H and O–H groups in total. The van der Waals surface area contributed by atoms with Crippen LogP contribution in [-0.2, 0) is 6.42 Å². The lowest BCUT2D eigenvalue weighted by Crippen LogP contribution is -2.26. The minimum absolute atomic E-state index is 0.167. The molecular formula is C15H17Cl2NO2. The Bertz CT molecular complexity index is 543. The largest absolute Gasteiger partial charge is 0.469 e. The third-order valence-electron chi connectivity index (χ3n) is 3.36. The summed E-state index contributed by atoms with van der Waals surface area (Å²) in [5.74, 6) is 0.689. The Balaban J connectivity index is 2.04. The molecule has 0 spiro atoms. The lowest BCUT2D eigenvalue weighted by atomic mass is 9.90. The Morgan fingerprint density at radius 2 is 2.00 bits per heavy atom. The molecule has 2 unspecified atom stereocenters. The van der Waals surface area contributed by atoms with Gasteiger partial charge in [-0.1, -0.05) is 29.3 Å². The first-order chi connectivity index (χ1) is 9.61. The highest BCUT2D eigenvalue weighted by atomic mass is 35.5. The first kappa shape index (κ1) is 15.4. The molecule has 2 aromatic rings. The van der Waals surface area contributed by atoms with Crippen molar-refractivity contribution in [2.75, 3.05) is 6.54 Å². The molecule has 20 heavy (non-hydrogen) atoms. The molecule has 1 aromatic carbocycles. The Labute approximate surface area is 128 Å². The summed E-state index contributed by atoms with van der Waals surface area (Å²) in [6, 6.07) is 9.06. The van der Waals surface area contributed by atoms with E-state index in [2.05, 4.69) is 0 Å². The predicted octanol–water partition coefficient (Wildman–Crippen LogP) is 3.62. The fraction of sp³-hybridized carbons (Fsp3) is 0.333. The van der Waals surface area contributed by atoms with Crippen LogP contribution in [0.15, 0.2) is 41.0 Å². The Kier molecular flexibility index (Phi) is 5.49. The van der Waals surface area contributed by atoms with E-state index in [-0.39, 0.29) is 5.92 Å². The minimum atomic E-state index is -0.553. The van der Waals surface area contributed by atoms with Gasteiger partial charge in [-0.15, -0.1) is 0 Å². The Hall–Kier alpha value is -1.00. The van der Waals surface area contributed by atoms with Gasteiger partial charge in [0, 0.05) is 18.9 Å². The van der Waals surface area contributed by atoms with E-state index in [0.717, 1.165) is 11.3 Å². The van der Waals surface area contributed by atoms with Crippen molar-refractivity contribution in [3.8, 4) is 0 Å². The third kappa shape index (κ3) is 3.76. The highest BCUT2D eigenvalue weighted by Crippen LogP contribution is 2.29. The molecule has 0 aliphatic carbocycles. The molecule has 0 aliphatic rings.